The molecule has 4 aromatic rings. The molecule has 1 aliphatic rings. The first-order chi connectivity index (χ1) is 16.1. The van der Waals surface area contributed by atoms with Crippen LogP contribution >= 0.6 is 0 Å². The van der Waals surface area contributed by atoms with E-state index in [0.29, 0.717) is 31.9 Å². The van der Waals surface area contributed by atoms with E-state index in [1.165, 1.54) is 11.1 Å². The summed E-state index contributed by atoms with van der Waals surface area (Å²) in [5, 5.41) is 1.09. The van der Waals surface area contributed by atoms with Crippen LogP contribution < -0.4 is 0 Å². The van der Waals surface area contributed by atoms with Gasteiger partial charge in [0.05, 0.1) is 13.2 Å². The van der Waals surface area contributed by atoms with Gasteiger partial charge in [-0.1, -0.05) is 18.2 Å². The number of rotatable bonds is 5. The highest BCUT2D eigenvalue weighted by atomic mass is 16.5. The minimum absolute atomic E-state index is 0.0677. The van der Waals surface area contributed by atoms with E-state index in [0.717, 1.165) is 46.4 Å². The summed E-state index contributed by atoms with van der Waals surface area (Å²) in [6.07, 6.45) is 3.56. The number of amides is 1. The Morgan fingerprint density at radius 1 is 0.939 bits per heavy atom. The molecule has 5 nitrogen and oxygen atoms in total. The minimum Gasteiger partial charge on any atom is -0.461 e. The summed E-state index contributed by atoms with van der Waals surface area (Å²) in [6.45, 7) is 6.77. The van der Waals surface area contributed by atoms with Crippen LogP contribution in [0.15, 0.2) is 65.2 Å². The first-order valence-electron chi connectivity index (χ1n) is 11.5. The fraction of sp³-hybridized carbons (Fsp3) is 0.286. The van der Waals surface area contributed by atoms with E-state index < -0.39 is 0 Å². The van der Waals surface area contributed by atoms with Gasteiger partial charge in [0.1, 0.15) is 11.3 Å². The van der Waals surface area contributed by atoms with Crippen molar-refractivity contribution in [1.82, 2.24) is 9.88 Å². The molecule has 5 heteroatoms. The van der Waals surface area contributed by atoms with Crippen molar-refractivity contribution in [2.75, 3.05) is 26.3 Å². The Balaban J connectivity index is 1.31. The highest BCUT2D eigenvalue weighted by Gasteiger charge is 2.18. The van der Waals surface area contributed by atoms with E-state index >= 15 is 0 Å². The van der Waals surface area contributed by atoms with Crippen molar-refractivity contribution in [2.45, 2.75) is 26.7 Å². The fourth-order valence-electron chi connectivity index (χ4n) is 4.34. The lowest BCUT2D eigenvalue weighted by atomic mass is 10.0. The number of morpholine rings is 1. The molecule has 2 aromatic carbocycles. The Morgan fingerprint density at radius 2 is 1.70 bits per heavy atom. The Hall–Kier alpha value is -3.44. The van der Waals surface area contributed by atoms with Gasteiger partial charge in [0.2, 0.25) is 0 Å². The lowest BCUT2D eigenvalue weighted by molar-refractivity contribution is 0.0303. The summed E-state index contributed by atoms with van der Waals surface area (Å²) in [4.78, 5) is 19.1. The Labute approximate surface area is 194 Å². The number of aromatic nitrogens is 1. The largest absolute Gasteiger partial charge is 0.461 e. The lowest BCUT2D eigenvalue weighted by Crippen LogP contribution is -2.40. The third-order valence-corrected chi connectivity index (χ3v) is 6.52. The van der Waals surface area contributed by atoms with Gasteiger partial charge < -0.3 is 14.1 Å². The van der Waals surface area contributed by atoms with E-state index in [9.17, 15) is 4.79 Å². The van der Waals surface area contributed by atoms with Crippen LogP contribution in [0.3, 0.4) is 0 Å². The SMILES string of the molecule is Cc1ccnc(CCc2cc3cc(-c4ccc(C(=O)N5CCOCC5)cc4)ccc3o2)c1C. The van der Waals surface area contributed by atoms with E-state index in [4.69, 9.17) is 9.15 Å². The Kier molecular flexibility index (Phi) is 5.97. The number of fused-ring (bicyclic) bond motifs is 1. The molecular weight excluding hydrogens is 412 g/mol. The number of furan rings is 1. The maximum Gasteiger partial charge on any atom is 0.254 e. The maximum atomic E-state index is 12.7. The van der Waals surface area contributed by atoms with Gasteiger partial charge in [-0.2, -0.15) is 0 Å². The molecule has 0 radical (unpaired) electrons. The maximum absolute atomic E-state index is 12.7. The third kappa shape index (κ3) is 4.55. The van der Waals surface area contributed by atoms with Gasteiger partial charge in [-0.15, -0.1) is 0 Å². The molecule has 3 heterocycles. The summed E-state index contributed by atoms with van der Waals surface area (Å²) in [5.41, 5.74) is 7.45. The summed E-state index contributed by atoms with van der Waals surface area (Å²) in [7, 11) is 0. The normalized spacial score (nSPS) is 14.1. The second-order valence-electron chi connectivity index (χ2n) is 8.65. The Morgan fingerprint density at radius 3 is 2.48 bits per heavy atom. The van der Waals surface area contributed by atoms with E-state index in [1.807, 2.05) is 47.5 Å². The first kappa shape index (κ1) is 21.4. The lowest BCUT2D eigenvalue weighted by Gasteiger charge is -2.26. The van der Waals surface area contributed by atoms with Crippen LogP contribution in [0.2, 0.25) is 0 Å². The van der Waals surface area contributed by atoms with Gasteiger partial charge in [-0.05, 0) is 78.9 Å². The molecule has 1 amide bonds. The van der Waals surface area contributed by atoms with Crippen LogP contribution in [0.5, 0.6) is 0 Å². The molecule has 33 heavy (non-hydrogen) atoms. The van der Waals surface area contributed by atoms with Crippen LogP contribution in [0, 0.1) is 13.8 Å². The zero-order valence-corrected chi connectivity index (χ0v) is 19.1. The first-order valence-corrected chi connectivity index (χ1v) is 11.5. The number of aryl methyl sites for hydroxylation is 3. The van der Waals surface area contributed by atoms with Crippen molar-refractivity contribution < 1.29 is 13.9 Å². The van der Waals surface area contributed by atoms with E-state index in [1.54, 1.807) is 0 Å². The van der Waals surface area contributed by atoms with Crippen molar-refractivity contribution in [3.8, 4) is 11.1 Å². The van der Waals surface area contributed by atoms with Crippen molar-refractivity contribution in [1.29, 1.82) is 0 Å². The molecular formula is C28H28N2O3. The average molecular weight is 441 g/mol. The van der Waals surface area contributed by atoms with Gasteiger partial charge in [-0.3, -0.25) is 9.78 Å². The number of benzene rings is 2. The zero-order valence-electron chi connectivity index (χ0n) is 19.1. The fourth-order valence-corrected chi connectivity index (χ4v) is 4.34. The molecule has 0 unspecified atom stereocenters. The predicted octanol–water partition coefficient (Wildman–Crippen LogP) is 5.37. The molecule has 0 N–H and O–H groups in total. The van der Waals surface area contributed by atoms with Gasteiger partial charge in [0.25, 0.3) is 5.91 Å². The summed E-state index contributed by atoms with van der Waals surface area (Å²) in [5.74, 6) is 1.04. The smallest absolute Gasteiger partial charge is 0.254 e. The number of nitrogens with zero attached hydrogens (tertiary/aromatic N) is 2. The molecule has 168 valence electrons. The van der Waals surface area contributed by atoms with Crippen molar-refractivity contribution in [2.24, 2.45) is 0 Å². The average Bonchev–Trinajstić information content (AvgIpc) is 3.27. The number of carbonyl (C=O) groups is 1. The zero-order chi connectivity index (χ0) is 22.8. The molecule has 0 saturated carbocycles. The van der Waals surface area contributed by atoms with Gasteiger partial charge in [0.15, 0.2) is 0 Å². The number of ether oxygens (including phenoxy) is 1. The molecule has 0 aliphatic carbocycles. The van der Waals surface area contributed by atoms with Crippen LogP contribution in [0.4, 0.5) is 0 Å². The number of pyridine rings is 1. The standard InChI is InChI=1S/C28H28N2O3/c1-19-11-12-29-26(20(19)2)9-8-25-18-24-17-23(7-10-27(24)33-25)21-3-5-22(6-4-21)28(31)30-13-15-32-16-14-30/h3-7,10-12,17-18H,8-9,13-16H2,1-2H3. The summed E-state index contributed by atoms with van der Waals surface area (Å²) < 4.78 is 11.4. The molecule has 5 rings (SSSR count). The highest BCUT2D eigenvalue weighted by molar-refractivity contribution is 5.95. The van der Waals surface area contributed by atoms with E-state index in [2.05, 4.69) is 37.0 Å². The predicted molar refractivity (Wildman–Crippen MR) is 129 cm³/mol. The van der Waals surface area contributed by atoms with Crippen LogP contribution in [0.25, 0.3) is 22.1 Å². The molecule has 1 aliphatic heterocycles. The number of hydrogen-bond acceptors (Lipinski definition) is 4. The van der Waals surface area contributed by atoms with Gasteiger partial charge in [0, 0.05) is 42.4 Å². The van der Waals surface area contributed by atoms with Gasteiger partial charge in [-0.25, -0.2) is 0 Å². The number of carbonyl (C=O) groups excluding carboxylic acids is 1. The van der Waals surface area contributed by atoms with E-state index in [-0.39, 0.29) is 5.91 Å². The Bertz CT molecular complexity index is 1280. The molecule has 0 atom stereocenters. The third-order valence-electron chi connectivity index (χ3n) is 6.52. The number of hydrogen-bond donors (Lipinski definition) is 0. The van der Waals surface area contributed by atoms with Crippen molar-refractivity contribution in [3.63, 3.8) is 0 Å². The second-order valence-corrected chi connectivity index (χ2v) is 8.65. The van der Waals surface area contributed by atoms with Crippen LogP contribution in [0.1, 0.15) is 32.9 Å². The molecule has 0 spiro atoms. The minimum atomic E-state index is 0.0677. The molecule has 2 aromatic heterocycles. The molecule has 1 fully saturated rings. The monoisotopic (exact) mass is 440 g/mol. The van der Waals surface area contributed by atoms with Crippen molar-refractivity contribution in [3.05, 3.63) is 88.9 Å². The topological polar surface area (TPSA) is 55.6 Å². The van der Waals surface area contributed by atoms with Gasteiger partial charge >= 0.3 is 0 Å². The molecule has 1 saturated heterocycles. The summed E-state index contributed by atoms with van der Waals surface area (Å²) in [6, 6.07) is 18.3. The summed E-state index contributed by atoms with van der Waals surface area (Å²) >= 11 is 0. The molecule has 0 bridgehead atoms. The quantitative estimate of drug-likeness (QED) is 0.419. The van der Waals surface area contributed by atoms with Crippen molar-refractivity contribution >= 4 is 16.9 Å². The van der Waals surface area contributed by atoms with Crippen LogP contribution in [-0.4, -0.2) is 42.1 Å². The highest BCUT2D eigenvalue weighted by Crippen LogP contribution is 2.28. The second kappa shape index (κ2) is 9.20. The van der Waals surface area contributed by atoms with Crippen LogP contribution in [-0.2, 0) is 17.6 Å².